The van der Waals surface area contributed by atoms with E-state index in [0.29, 0.717) is 38.6 Å². The van der Waals surface area contributed by atoms with Crippen molar-refractivity contribution in [2.24, 2.45) is 5.92 Å². The molecule has 6 heteroatoms. The van der Waals surface area contributed by atoms with E-state index in [1.165, 1.54) is 4.57 Å². The van der Waals surface area contributed by atoms with E-state index >= 15 is 0 Å². The number of hydrogen-bond acceptors (Lipinski definition) is 3. The van der Waals surface area contributed by atoms with Gasteiger partial charge in [0.05, 0.1) is 0 Å². The Morgan fingerprint density at radius 3 is 2.70 bits per heavy atom. The highest BCUT2D eigenvalue weighted by molar-refractivity contribution is 5.93. The first-order valence-electron chi connectivity index (χ1n) is 8.17. The van der Waals surface area contributed by atoms with Crippen LogP contribution in [0.4, 0.5) is 4.39 Å². The zero-order valence-electron chi connectivity index (χ0n) is 14.1. The van der Waals surface area contributed by atoms with E-state index in [2.05, 4.69) is 19.2 Å². The molecule has 0 aromatic carbocycles. The monoisotopic (exact) mass is 323 g/mol. The number of nitrogens with zero attached hydrogens (tertiary/aromatic N) is 2. The molecule has 1 N–H and O–H groups in total. The Hall–Kier alpha value is -1.69. The lowest BCUT2D eigenvalue weighted by Crippen LogP contribution is -2.57. The van der Waals surface area contributed by atoms with Gasteiger partial charge in [-0.05, 0) is 31.4 Å². The normalized spacial score (nSPS) is 17.1. The average Bonchev–Trinajstić information content (AvgIpc) is 2.43. The minimum Gasteiger partial charge on any atom is -0.352 e. The van der Waals surface area contributed by atoms with E-state index in [4.69, 9.17) is 0 Å². The lowest BCUT2D eigenvalue weighted by molar-refractivity contribution is -0.0189. The Labute approximate surface area is 136 Å². The molecular weight excluding hydrogens is 297 g/mol. The van der Waals surface area contributed by atoms with Crippen LogP contribution in [-0.2, 0) is 6.54 Å². The van der Waals surface area contributed by atoms with Crippen LogP contribution in [0.5, 0.6) is 0 Å². The van der Waals surface area contributed by atoms with Gasteiger partial charge in [-0.1, -0.05) is 13.8 Å². The Balaban J connectivity index is 1.92. The smallest absolute Gasteiger partial charge is 0.263 e. The molecule has 0 saturated carbocycles. The molecule has 128 valence electrons. The highest BCUT2D eigenvalue weighted by atomic mass is 19.1. The number of rotatable bonds is 7. The number of aromatic nitrogens is 1. The molecule has 23 heavy (non-hydrogen) atoms. The molecule has 0 atom stereocenters. The van der Waals surface area contributed by atoms with Crippen molar-refractivity contribution in [1.82, 2.24) is 14.8 Å². The minimum atomic E-state index is -1.11. The number of likely N-dealkylation sites (tertiary alicyclic amines) is 1. The molecule has 1 amide bonds. The van der Waals surface area contributed by atoms with Crippen LogP contribution < -0.4 is 10.9 Å². The molecule has 0 unspecified atom stereocenters. The number of carbonyl (C=O) groups is 1. The molecule has 0 bridgehead atoms. The molecule has 1 aromatic rings. The molecule has 1 fully saturated rings. The largest absolute Gasteiger partial charge is 0.352 e. The summed E-state index contributed by atoms with van der Waals surface area (Å²) in [6.45, 7) is 8.18. The first-order chi connectivity index (χ1) is 10.8. The van der Waals surface area contributed by atoms with Crippen molar-refractivity contribution in [3.8, 4) is 0 Å². The van der Waals surface area contributed by atoms with Crippen LogP contribution in [0.1, 0.15) is 37.6 Å². The van der Waals surface area contributed by atoms with Crippen LogP contribution in [0.3, 0.4) is 0 Å². The van der Waals surface area contributed by atoms with Gasteiger partial charge >= 0.3 is 0 Å². The quantitative estimate of drug-likeness (QED) is 0.830. The van der Waals surface area contributed by atoms with Crippen LogP contribution >= 0.6 is 0 Å². The molecule has 2 heterocycles. The molecule has 5 nitrogen and oxygen atoms in total. The van der Waals surface area contributed by atoms with Crippen LogP contribution in [0.2, 0.25) is 0 Å². The number of halogens is 1. The van der Waals surface area contributed by atoms with Crippen molar-refractivity contribution < 1.29 is 9.18 Å². The summed E-state index contributed by atoms with van der Waals surface area (Å²) in [4.78, 5) is 26.4. The van der Waals surface area contributed by atoms with Crippen molar-refractivity contribution in [1.29, 1.82) is 0 Å². The lowest BCUT2D eigenvalue weighted by atomic mass is 9.99. The zero-order valence-corrected chi connectivity index (χ0v) is 14.1. The predicted molar refractivity (Wildman–Crippen MR) is 88.4 cm³/mol. The summed E-state index contributed by atoms with van der Waals surface area (Å²) >= 11 is 0. The molecule has 2 rings (SSSR count). The van der Waals surface area contributed by atoms with Crippen molar-refractivity contribution in [3.05, 3.63) is 34.2 Å². The number of carbonyl (C=O) groups excluding carboxylic acids is 1. The van der Waals surface area contributed by atoms with E-state index in [1.807, 2.05) is 4.90 Å². The van der Waals surface area contributed by atoms with Crippen molar-refractivity contribution >= 4 is 5.91 Å². The van der Waals surface area contributed by atoms with Crippen LogP contribution in [0, 0.1) is 5.92 Å². The fourth-order valence-corrected chi connectivity index (χ4v) is 2.75. The minimum absolute atomic E-state index is 0.162. The number of alkyl halides is 1. The van der Waals surface area contributed by atoms with Gasteiger partial charge in [0.2, 0.25) is 0 Å². The molecule has 1 aromatic heterocycles. The number of amides is 1. The van der Waals surface area contributed by atoms with Crippen LogP contribution in [0.15, 0.2) is 23.1 Å². The third kappa shape index (κ3) is 4.89. The van der Waals surface area contributed by atoms with E-state index in [9.17, 15) is 14.0 Å². The van der Waals surface area contributed by atoms with E-state index < -0.39 is 5.67 Å². The fraction of sp³-hybridized carbons (Fsp3) is 0.647. The first kappa shape index (κ1) is 17.7. The molecule has 1 aliphatic rings. The maximum Gasteiger partial charge on any atom is 0.263 e. The number of nitrogens with one attached hydrogen (secondary N) is 1. The van der Waals surface area contributed by atoms with E-state index in [0.717, 1.165) is 6.42 Å². The van der Waals surface area contributed by atoms with Crippen LogP contribution in [0.25, 0.3) is 0 Å². The summed E-state index contributed by atoms with van der Waals surface area (Å²) in [6, 6.07) is 3.25. The standard InChI is InChI=1S/C17H26FN3O2/c1-13(2)6-7-19-15(22)14-5-4-8-21(16(14)23)10-9-20-11-17(3,18)12-20/h4-5,8,13H,6-7,9-12H2,1-3H3,(H,19,22). The maximum atomic E-state index is 13.4. The summed E-state index contributed by atoms with van der Waals surface area (Å²) < 4.78 is 15.0. The van der Waals surface area contributed by atoms with Gasteiger partial charge in [-0.15, -0.1) is 0 Å². The van der Waals surface area contributed by atoms with Gasteiger partial charge in [0.1, 0.15) is 11.2 Å². The Bertz CT molecular complexity index is 602. The van der Waals surface area contributed by atoms with Crippen molar-refractivity contribution in [3.63, 3.8) is 0 Å². The van der Waals surface area contributed by atoms with Gasteiger partial charge < -0.3 is 9.88 Å². The van der Waals surface area contributed by atoms with Crippen molar-refractivity contribution in [2.45, 2.75) is 39.4 Å². The summed E-state index contributed by atoms with van der Waals surface area (Å²) in [7, 11) is 0. The topological polar surface area (TPSA) is 54.3 Å². The molecule has 0 spiro atoms. The fourth-order valence-electron chi connectivity index (χ4n) is 2.75. The summed E-state index contributed by atoms with van der Waals surface area (Å²) in [5.74, 6) is 0.172. The van der Waals surface area contributed by atoms with Crippen molar-refractivity contribution in [2.75, 3.05) is 26.2 Å². The SMILES string of the molecule is CC(C)CCNC(=O)c1cccn(CCN2CC(C)(F)C2)c1=O. The first-order valence-corrected chi connectivity index (χ1v) is 8.17. The number of hydrogen-bond donors (Lipinski definition) is 1. The van der Waals surface area contributed by atoms with E-state index in [1.54, 1.807) is 25.3 Å². The highest BCUT2D eigenvalue weighted by Crippen LogP contribution is 2.23. The third-order valence-electron chi connectivity index (χ3n) is 4.04. The Morgan fingerprint density at radius 1 is 1.39 bits per heavy atom. The zero-order chi connectivity index (χ0) is 17.0. The Morgan fingerprint density at radius 2 is 2.09 bits per heavy atom. The second-order valence-electron chi connectivity index (χ2n) is 6.98. The maximum absolute atomic E-state index is 13.4. The van der Waals surface area contributed by atoms with Gasteiger partial charge in [0.25, 0.3) is 11.5 Å². The second-order valence-corrected chi connectivity index (χ2v) is 6.98. The summed E-state index contributed by atoms with van der Waals surface area (Å²) in [5, 5.41) is 2.78. The molecule has 1 saturated heterocycles. The van der Waals surface area contributed by atoms with Crippen LogP contribution in [-0.4, -0.2) is 47.2 Å². The molecule has 0 radical (unpaired) electrons. The van der Waals surface area contributed by atoms with Gasteiger partial charge in [0, 0.05) is 38.9 Å². The number of pyridine rings is 1. The molecule has 0 aliphatic carbocycles. The third-order valence-corrected chi connectivity index (χ3v) is 4.04. The summed E-state index contributed by atoms with van der Waals surface area (Å²) in [5.41, 5.74) is -1.24. The highest BCUT2D eigenvalue weighted by Gasteiger charge is 2.38. The Kier molecular flexibility index (Phi) is 5.57. The van der Waals surface area contributed by atoms with E-state index in [-0.39, 0.29) is 17.0 Å². The van der Waals surface area contributed by atoms with Gasteiger partial charge in [-0.3, -0.25) is 14.5 Å². The van der Waals surface area contributed by atoms with Gasteiger partial charge in [-0.2, -0.15) is 0 Å². The second kappa shape index (κ2) is 7.25. The molecule has 1 aliphatic heterocycles. The average molecular weight is 323 g/mol. The van der Waals surface area contributed by atoms with Gasteiger partial charge in [-0.25, -0.2) is 4.39 Å². The van der Waals surface area contributed by atoms with Gasteiger partial charge in [0.15, 0.2) is 0 Å². The molecular formula is C17H26FN3O2. The summed E-state index contributed by atoms with van der Waals surface area (Å²) in [6.07, 6.45) is 2.55. The predicted octanol–water partition coefficient (Wildman–Crippen LogP) is 1.67. The lowest BCUT2D eigenvalue weighted by Gasteiger charge is -2.42.